The van der Waals surface area contributed by atoms with E-state index >= 15 is 0 Å². The van der Waals surface area contributed by atoms with Crippen molar-refractivity contribution in [3.05, 3.63) is 31.2 Å². The molecule has 2 atom stereocenters. The van der Waals surface area contributed by atoms with Gasteiger partial charge in [-0.3, -0.25) is 4.90 Å². The Morgan fingerprint density at radius 2 is 2.45 bits per heavy atom. The van der Waals surface area contributed by atoms with Gasteiger partial charge in [0.2, 0.25) is 0 Å². The van der Waals surface area contributed by atoms with E-state index in [1.165, 1.54) is 6.33 Å². The van der Waals surface area contributed by atoms with Crippen LogP contribution in [0.4, 0.5) is 10.2 Å². The van der Waals surface area contributed by atoms with E-state index in [9.17, 15) is 4.39 Å². The number of aromatic nitrogens is 3. The van der Waals surface area contributed by atoms with Gasteiger partial charge in [-0.15, -0.1) is 6.58 Å². The second-order valence-electron chi connectivity index (χ2n) is 5.07. The highest BCUT2D eigenvalue weighted by Gasteiger charge is 2.29. The molecule has 106 valence electrons. The van der Waals surface area contributed by atoms with Crippen LogP contribution in [0.5, 0.6) is 0 Å². The number of likely N-dealkylation sites (tertiary alicyclic amines) is 1. The maximum atomic E-state index is 14.1. The molecule has 0 radical (unpaired) electrons. The number of halogens is 1. The van der Waals surface area contributed by atoms with Crippen LogP contribution in [0.25, 0.3) is 11.0 Å². The van der Waals surface area contributed by atoms with Gasteiger partial charge < -0.3 is 10.3 Å². The summed E-state index contributed by atoms with van der Waals surface area (Å²) >= 11 is 0. The van der Waals surface area contributed by atoms with E-state index in [4.69, 9.17) is 0 Å². The third-order valence-corrected chi connectivity index (χ3v) is 3.68. The van der Waals surface area contributed by atoms with Gasteiger partial charge in [0.05, 0.1) is 11.4 Å². The van der Waals surface area contributed by atoms with E-state index in [1.807, 2.05) is 18.3 Å². The first kappa shape index (κ1) is 13.1. The Kier molecular flexibility index (Phi) is 3.64. The Bertz CT molecular complexity index is 596. The first-order chi connectivity index (χ1) is 9.78. The molecule has 0 amide bonds. The number of aromatic amines is 1. The lowest BCUT2D eigenvalue weighted by molar-refractivity contribution is 0.146. The number of nitrogens with zero attached hydrogens (tertiary/aromatic N) is 3. The van der Waals surface area contributed by atoms with Gasteiger partial charge >= 0.3 is 0 Å². The lowest BCUT2D eigenvalue weighted by atomic mass is 10.0. The van der Waals surface area contributed by atoms with Crippen molar-refractivity contribution in [1.29, 1.82) is 0 Å². The maximum absolute atomic E-state index is 14.1. The van der Waals surface area contributed by atoms with Gasteiger partial charge in [-0.25, -0.2) is 14.4 Å². The summed E-state index contributed by atoms with van der Waals surface area (Å²) < 4.78 is 14.1. The summed E-state index contributed by atoms with van der Waals surface area (Å²) in [5.41, 5.74) is 0.761. The molecule has 1 aliphatic heterocycles. The molecule has 6 heteroatoms. The second kappa shape index (κ2) is 5.58. The Balaban J connectivity index is 1.78. The van der Waals surface area contributed by atoms with Crippen molar-refractivity contribution >= 4 is 16.9 Å². The summed E-state index contributed by atoms with van der Waals surface area (Å²) in [7, 11) is 0. The SMILES string of the molecule is C=CCN1CC[C@@H](F)[C@@H](Nc2ncnc3[nH]ccc23)C1. The summed E-state index contributed by atoms with van der Waals surface area (Å²) in [5.74, 6) is 0.685. The van der Waals surface area contributed by atoms with Crippen LogP contribution in [0.3, 0.4) is 0 Å². The van der Waals surface area contributed by atoms with Gasteiger partial charge in [0.1, 0.15) is 24.0 Å². The Hall–Kier alpha value is -1.95. The minimum absolute atomic E-state index is 0.253. The lowest BCUT2D eigenvalue weighted by Crippen LogP contribution is -2.48. The number of alkyl halides is 1. The van der Waals surface area contributed by atoms with E-state index in [-0.39, 0.29) is 6.04 Å². The molecule has 5 nitrogen and oxygen atoms in total. The van der Waals surface area contributed by atoms with Crippen LogP contribution in [0.2, 0.25) is 0 Å². The van der Waals surface area contributed by atoms with E-state index in [0.717, 1.165) is 24.1 Å². The molecule has 0 aromatic carbocycles. The van der Waals surface area contributed by atoms with Crippen molar-refractivity contribution in [2.24, 2.45) is 0 Å². The van der Waals surface area contributed by atoms with Gasteiger partial charge in [-0.1, -0.05) is 6.08 Å². The molecule has 2 N–H and O–H groups in total. The number of anilines is 1. The van der Waals surface area contributed by atoms with Crippen molar-refractivity contribution in [2.45, 2.75) is 18.6 Å². The number of hydrogen-bond acceptors (Lipinski definition) is 4. The molecular formula is C14H18FN5. The van der Waals surface area contributed by atoms with Gasteiger partial charge in [0, 0.05) is 25.8 Å². The molecule has 0 spiro atoms. The molecule has 1 aliphatic rings. The fraction of sp³-hybridized carbons (Fsp3) is 0.429. The minimum atomic E-state index is -0.861. The number of hydrogen-bond donors (Lipinski definition) is 2. The van der Waals surface area contributed by atoms with Gasteiger partial charge in [-0.05, 0) is 12.5 Å². The lowest BCUT2D eigenvalue weighted by Gasteiger charge is -2.35. The average Bonchev–Trinajstić information content (AvgIpc) is 2.92. The van der Waals surface area contributed by atoms with Crippen LogP contribution in [-0.2, 0) is 0 Å². The monoisotopic (exact) mass is 275 g/mol. The van der Waals surface area contributed by atoms with Crippen LogP contribution in [-0.4, -0.2) is 51.7 Å². The highest BCUT2D eigenvalue weighted by Crippen LogP contribution is 2.22. The predicted octanol–water partition coefficient (Wildman–Crippen LogP) is 1.97. The van der Waals surface area contributed by atoms with E-state index in [0.29, 0.717) is 18.8 Å². The molecule has 2 aromatic heterocycles. The highest BCUT2D eigenvalue weighted by molar-refractivity contribution is 5.86. The van der Waals surface area contributed by atoms with E-state index in [1.54, 1.807) is 0 Å². The normalized spacial score (nSPS) is 23.9. The predicted molar refractivity (Wildman–Crippen MR) is 77.4 cm³/mol. The molecule has 3 heterocycles. The molecule has 1 fully saturated rings. The Labute approximate surface area is 116 Å². The van der Waals surface area contributed by atoms with Crippen molar-refractivity contribution in [3.63, 3.8) is 0 Å². The molecule has 0 saturated carbocycles. The number of H-pyrrole nitrogens is 1. The van der Waals surface area contributed by atoms with Crippen molar-refractivity contribution in [3.8, 4) is 0 Å². The maximum Gasteiger partial charge on any atom is 0.142 e. The first-order valence-corrected chi connectivity index (χ1v) is 6.80. The second-order valence-corrected chi connectivity index (χ2v) is 5.07. The summed E-state index contributed by atoms with van der Waals surface area (Å²) in [4.78, 5) is 13.6. The zero-order valence-electron chi connectivity index (χ0n) is 11.2. The summed E-state index contributed by atoms with van der Waals surface area (Å²) in [5, 5.41) is 4.12. The number of nitrogens with one attached hydrogen (secondary N) is 2. The summed E-state index contributed by atoms with van der Waals surface area (Å²) in [6.45, 7) is 5.95. The fourth-order valence-corrected chi connectivity index (χ4v) is 2.64. The summed E-state index contributed by atoms with van der Waals surface area (Å²) in [6.07, 6.45) is 4.82. The molecule has 1 saturated heterocycles. The number of fused-ring (bicyclic) bond motifs is 1. The topological polar surface area (TPSA) is 56.8 Å². The molecule has 2 aromatic rings. The third-order valence-electron chi connectivity index (χ3n) is 3.68. The summed E-state index contributed by atoms with van der Waals surface area (Å²) in [6, 6.07) is 1.65. The Morgan fingerprint density at radius 3 is 3.30 bits per heavy atom. The van der Waals surface area contributed by atoms with Crippen molar-refractivity contribution in [1.82, 2.24) is 19.9 Å². The smallest absolute Gasteiger partial charge is 0.142 e. The molecule has 0 bridgehead atoms. The molecular weight excluding hydrogens is 257 g/mol. The van der Waals surface area contributed by atoms with Crippen LogP contribution in [0.1, 0.15) is 6.42 Å². The molecule has 0 aliphatic carbocycles. The molecule has 3 rings (SSSR count). The number of piperidine rings is 1. The van der Waals surface area contributed by atoms with Crippen LogP contribution < -0.4 is 5.32 Å². The van der Waals surface area contributed by atoms with Crippen LogP contribution in [0, 0.1) is 0 Å². The van der Waals surface area contributed by atoms with Gasteiger partial charge in [-0.2, -0.15) is 0 Å². The quantitative estimate of drug-likeness (QED) is 0.838. The fourth-order valence-electron chi connectivity index (χ4n) is 2.64. The zero-order valence-corrected chi connectivity index (χ0v) is 11.2. The highest BCUT2D eigenvalue weighted by atomic mass is 19.1. The van der Waals surface area contributed by atoms with Crippen molar-refractivity contribution < 1.29 is 4.39 Å². The third kappa shape index (κ3) is 2.51. The van der Waals surface area contributed by atoms with E-state index < -0.39 is 6.17 Å². The molecule has 0 unspecified atom stereocenters. The molecule has 20 heavy (non-hydrogen) atoms. The minimum Gasteiger partial charge on any atom is -0.362 e. The largest absolute Gasteiger partial charge is 0.362 e. The first-order valence-electron chi connectivity index (χ1n) is 6.80. The standard InChI is InChI=1S/C14H18FN5/c1-2-6-20-7-4-11(15)12(8-20)19-14-10-3-5-16-13(10)17-9-18-14/h2-3,5,9,11-12H,1,4,6-8H2,(H2,16,17,18,19)/t11-,12+/m1/s1. The average molecular weight is 275 g/mol. The van der Waals surface area contributed by atoms with Crippen molar-refractivity contribution in [2.75, 3.05) is 25.0 Å². The van der Waals surface area contributed by atoms with E-state index in [2.05, 4.69) is 31.7 Å². The van der Waals surface area contributed by atoms with Crippen LogP contribution >= 0.6 is 0 Å². The Morgan fingerprint density at radius 1 is 1.55 bits per heavy atom. The zero-order chi connectivity index (χ0) is 13.9. The van der Waals surface area contributed by atoms with Gasteiger partial charge in [0.25, 0.3) is 0 Å². The van der Waals surface area contributed by atoms with Gasteiger partial charge in [0.15, 0.2) is 0 Å². The van der Waals surface area contributed by atoms with Crippen LogP contribution in [0.15, 0.2) is 31.2 Å². The number of rotatable bonds is 4.